The predicted octanol–water partition coefficient (Wildman–Crippen LogP) is 6.18. The third-order valence-electron chi connectivity index (χ3n) is 4.97. The van der Waals surface area contributed by atoms with Gasteiger partial charge in [-0.1, -0.05) is 61.4 Å². The van der Waals surface area contributed by atoms with E-state index in [0.717, 1.165) is 40.3 Å². The van der Waals surface area contributed by atoms with Crippen molar-refractivity contribution in [3.05, 3.63) is 76.9 Å². The van der Waals surface area contributed by atoms with Crippen LogP contribution in [0.15, 0.2) is 60.2 Å². The zero-order chi connectivity index (χ0) is 21.5. The Morgan fingerprint density at radius 1 is 1.13 bits per heavy atom. The lowest BCUT2D eigenvalue weighted by Crippen LogP contribution is -2.14. The summed E-state index contributed by atoms with van der Waals surface area (Å²) in [5, 5.41) is 14.5. The summed E-state index contributed by atoms with van der Waals surface area (Å²) in [6, 6.07) is 19.6. The summed E-state index contributed by atoms with van der Waals surface area (Å²) in [5.74, 6) is 0.242. The number of aryl methyl sites for hydroxylation is 2. The largest absolute Gasteiger partial charge is 0.493 e. The quantitative estimate of drug-likeness (QED) is 0.294. The maximum absolute atomic E-state index is 12.9. The summed E-state index contributed by atoms with van der Waals surface area (Å²) in [6.45, 7) is 6.63. The van der Waals surface area contributed by atoms with Crippen LogP contribution in [0.4, 0.5) is 5.69 Å². The van der Waals surface area contributed by atoms with Gasteiger partial charge in [0.05, 0.1) is 6.61 Å². The van der Waals surface area contributed by atoms with Crippen molar-refractivity contribution >= 4 is 28.4 Å². The molecule has 4 heteroatoms. The smallest absolute Gasteiger partial charge is 0.266 e. The van der Waals surface area contributed by atoms with Crippen molar-refractivity contribution in [2.24, 2.45) is 0 Å². The molecule has 3 rings (SSSR count). The fourth-order valence-electron chi connectivity index (χ4n) is 3.31. The average Bonchev–Trinajstić information content (AvgIpc) is 2.74. The molecule has 0 heterocycles. The molecule has 3 aromatic rings. The van der Waals surface area contributed by atoms with Crippen molar-refractivity contribution in [2.45, 2.75) is 33.6 Å². The van der Waals surface area contributed by atoms with Crippen molar-refractivity contribution in [1.29, 1.82) is 5.26 Å². The van der Waals surface area contributed by atoms with E-state index >= 15 is 0 Å². The van der Waals surface area contributed by atoms with E-state index in [2.05, 4.69) is 18.3 Å². The third kappa shape index (κ3) is 4.87. The summed E-state index contributed by atoms with van der Waals surface area (Å²) >= 11 is 0. The zero-order valence-electron chi connectivity index (χ0n) is 17.7. The van der Waals surface area contributed by atoms with Crippen LogP contribution in [0.5, 0.6) is 5.75 Å². The zero-order valence-corrected chi connectivity index (χ0v) is 17.7. The molecule has 0 aliphatic heterocycles. The summed E-state index contributed by atoms with van der Waals surface area (Å²) in [5.41, 5.74) is 3.55. The lowest BCUT2D eigenvalue weighted by atomic mass is 10.0. The number of carbonyl (C=O) groups is 1. The molecule has 0 radical (unpaired) electrons. The Kier molecular flexibility index (Phi) is 6.87. The number of carbonyl (C=O) groups excluding carboxylic acids is 1. The first-order chi connectivity index (χ1) is 14.5. The highest BCUT2D eigenvalue weighted by Gasteiger charge is 2.14. The number of rotatable bonds is 7. The molecule has 0 saturated carbocycles. The molecule has 0 aliphatic carbocycles. The highest BCUT2D eigenvalue weighted by atomic mass is 16.5. The minimum absolute atomic E-state index is 0.0340. The van der Waals surface area contributed by atoms with E-state index in [0.29, 0.717) is 18.0 Å². The molecule has 3 aromatic carbocycles. The van der Waals surface area contributed by atoms with E-state index in [1.165, 1.54) is 0 Å². The number of hydrogen-bond acceptors (Lipinski definition) is 3. The average molecular weight is 399 g/mol. The van der Waals surface area contributed by atoms with E-state index < -0.39 is 5.91 Å². The molecule has 1 N–H and O–H groups in total. The van der Waals surface area contributed by atoms with Gasteiger partial charge in [0.1, 0.15) is 17.4 Å². The van der Waals surface area contributed by atoms with Crippen LogP contribution in [0, 0.1) is 25.2 Å². The molecule has 152 valence electrons. The lowest BCUT2D eigenvalue weighted by Gasteiger charge is -2.13. The molecule has 30 heavy (non-hydrogen) atoms. The second-order valence-corrected chi connectivity index (χ2v) is 7.34. The van der Waals surface area contributed by atoms with Crippen LogP contribution >= 0.6 is 0 Å². The summed E-state index contributed by atoms with van der Waals surface area (Å²) in [6.07, 6.45) is 3.59. The molecule has 0 fully saturated rings. The molecule has 4 nitrogen and oxygen atoms in total. The molecule has 0 atom stereocenters. The van der Waals surface area contributed by atoms with Gasteiger partial charge in [0.2, 0.25) is 0 Å². The van der Waals surface area contributed by atoms with Gasteiger partial charge in [-0.25, -0.2) is 0 Å². The van der Waals surface area contributed by atoms with Crippen LogP contribution in [0.25, 0.3) is 16.8 Å². The van der Waals surface area contributed by atoms with Gasteiger partial charge in [-0.2, -0.15) is 5.26 Å². The van der Waals surface area contributed by atoms with E-state index in [1.54, 1.807) is 6.08 Å². The van der Waals surface area contributed by atoms with Crippen LogP contribution in [0.2, 0.25) is 0 Å². The molecule has 0 spiro atoms. The van der Waals surface area contributed by atoms with Gasteiger partial charge in [0.25, 0.3) is 5.91 Å². The first kappa shape index (κ1) is 21.1. The van der Waals surface area contributed by atoms with E-state index in [1.807, 2.05) is 68.4 Å². The topological polar surface area (TPSA) is 62.1 Å². The number of ether oxygens (including phenoxy) is 1. The number of fused-ring (bicyclic) bond motifs is 1. The fourth-order valence-corrected chi connectivity index (χ4v) is 3.31. The summed E-state index contributed by atoms with van der Waals surface area (Å²) in [7, 11) is 0. The summed E-state index contributed by atoms with van der Waals surface area (Å²) in [4.78, 5) is 12.9. The molecule has 0 aliphatic rings. The molecule has 0 saturated heterocycles. The van der Waals surface area contributed by atoms with Gasteiger partial charge in [-0.3, -0.25) is 4.79 Å². The second-order valence-electron chi connectivity index (χ2n) is 7.34. The Hall–Kier alpha value is -3.58. The molecule has 0 unspecified atom stereocenters. The molecule has 0 aromatic heterocycles. The number of hydrogen-bond donors (Lipinski definition) is 1. The minimum atomic E-state index is -0.433. The van der Waals surface area contributed by atoms with Crippen molar-refractivity contribution in [3.8, 4) is 11.8 Å². The van der Waals surface area contributed by atoms with E-state index in [-0.39, 0.29) is 5.57 Å². The number of nitrogens with one attached hydrogen (secondary N) is 1. The van der Waals surface area contributed by atoms with Crippen LogP contribution in [-0.2, 0) is 4.79 Å². The first-order valence-corrected chi connectivity index (χ1v) is 10.2. The van der Waals surface area contributed by atoms with Crippen molar-refractivity contribution in [1.82, 2.24) is 0 Å². The molecule has 1 amide bonds. The first-order valence-electron chi connectivity index (χ1n) is 10.2. The molecular weight excluding hydrogens is 372 g/mol. The highest BCUT2D eigenvalue weighted by Crippen LogP contribution is 2.31. The fraction of sp³-hybridized carbons (Fsp3) is 0.231. The van der Waals surface area contributed by atoms with Gasteiger partial charge in [-0.15, -0.1) is 0 Å². The Morgan fingerprint density at radius 2 is 1.93 bits per heavy atom. The Balaban J connectivity index is 2.00. The van der Waals surface area contributed by atoms with Crippen LogP contribution in [0.3, 0.4) is 0 Å². The number of amides is 1. The van der Waals surface area contributed by atoms with E-state index in [9.17, 15) is 10.1 Å². The second kappa shape index (κ2) is 9.76. The third-order valence-corrected chi connectivity index (χ3v) is 4.97. The van der Waals surface area contributed by atoms with Crippen LogP contribution in [-0.4, -0.2) is 12.5 Å². The maximum atomic E-state index is 12.9. The molecular formula is C26H26N2O2. The Morgan fingerprint density at radius 3 is 2.67 bits per heavy atom. The predicted molar refractivity (Wildman–Crippen MR) is 122 cm³/mol. The SMILES string of the molecule is CCCCOc1ccc2ccccc2c1/C=C(/C#N)C(=O)Nc1ccc(C)cc1C. The van der Waals surface area contributed by atoms with Gasteiger partial charge in [-0.05, 0) is 54.8 Å². The summed E-state index contributed by atoms with van der Waals surface area (Å²) < 4.78 is 5.98. The Labute approximate surface area is 177 Å². The standard InChI is InChI=1S/C26H26N2O2/c1-4-5-14-30-25-13-11-20-8-6-7-9-22(20)23(25)16-21(17-27)26(29)28-24-12-10-18(2)15-19(24)3/h6-13,15-16H,4-5,14H2,1-3H3,(H,28,29)/b21-16-. The van der Waals surface area contributed by atoms with Crippen molar-refractivity contribution < 1.29 is 9.53 Å². The maximum Gasteiger partial charge on any atom is 0.266 e. The van der Waals surface area contributed by atoms with Gasteiger partial charge in [0.15, 0.2) is 0 Å². The monoisotopic (exact) mass is 398 g/mol. The Bertz CT molecular complexity index is 1140. The van der Waals surface area contributed by atoms with Crippen LogP contribution in [0.1, 0.15) is 36.5 Å². The van der Waals surface area contributed by atoms with Gasteiger partial charge >= 0.3 is 0 Å². The van der Waals surface area contributed by atoms with E-state index in [4.69, 9.17) is 4.74 Å². The number of benzene rings is 3. The normalized spacial score (nSPS) is 11.2. The lowest BCUT2D eigenvalue weighted by molar-refractivity contribution is -0.112. The van der Waals surface area contributed by atoms with Crippen LogP contribution < -0.4 is 10.1 Å². The van der Waals surface area contributed by atoms with Crippen molar-refractivity contribution in [3.63, 3.8) is 0 Å². The number of nitriles is 1. The van der Waals surface area contributed by atoms with Gasteiger partial charge in [0, 0.05) is 11.3 Å². The number of anilines is 1. The molecule has 0 bridgehead atoms. The minimum Gasteiger partial charge on any atom is -0.493 e. The highest BCUT2D eigenvalue weighted by molar-refractivity contribution is 6.11. The number of nitrogens with zero attached hydrogens (tertiary/aromatic N) is 1. The van der Waals surface area contributed by atoms with Crippen molar-refractivity contribution in [2.75, 3.05) is 11.9 Å². The number of unbranched alkanes of at least 4 members (excludes halogenated alkanes) is 1. The van der Waals surface area contributed by atoms with Gasteiger partial charge < -0.3 is 10.1 Å².